The van der Waals surface area contributed by atoms with Crippen molar-refractivity contribution >= 4 is 22.8 Å². The first-order chi connectivity index (χ1) is 13.5. The van der Waals surface area contributed by atoms with Crippen LogP contribution in [0.3, 0.4) is 0 Å². The van der Waals surface area contributed by atoms with Crippen molar-refractivity contribution in [1.29, 1.82) is 0 Å². The summed E-state index contributed by atoms with van der Waals surface area (Å²) in [6.45, 7) is 0.295. The molecule has 8 nitrogen and oxygen atoms in total. The van der Waals surface area contributed by atoms with Gasteiger partial charge in [-0.1, -0.05) is 23.7 Å². The minimum atomic E-state index is -0.455. The lowest BCUT2D eigenvalue weighted by molar-refractivity contribution is 0.244. The number of imidazole rings is 1. The molecule has 0 aliphatic rings. The van der Waals surface area contributed by atoms with E-state index in [1.807, 2.05) is 0 Å². The van der Waals surface area contributed by atoms with Gasteiger partial charge in [0.2, 0.25) is 0 Å². The van der Waals surface area contributed by atoms with Crippen LogP contribution < -0.4 is 16.0 Å². The summed E-state index contributed by atoms with van der Waals surface area (Å²) in [5.74, 6) is 0.626. The van der Waals surface area contributed by atoms with Gasteiger partial charge in [0.05, 0.1) is 12.8 Å². The van der Waals surface area contributed by atoms with Gasteiger partial charge in [-0.3, -0.25) is 18.5 Å². The highest BCUT2D eigenvalue weighted by molar-refractivity contribution is 6.30. The van der Waals surface area contributed by atoms with Gasteiger partial charge in [0.25, 0.3) is 11.6 Å². The van der Waals surface area contributed by atoms with Crippen LogP contribution in [0.5, 0.6) is 6.01 Å². The van der Waals surface area contributed by atoms with Crippen molar-refractivity contribution in [2.24, 2.45) is 14.1 Å². The molecular weight excluding hydrogens is 384 g/mol. The molecule has 0 saturated heterocycles. The van der Waals surface area contributed by atoms with Crippen molar-refractivity contribution in [3.63, 3.8) is 0 Å². The van der Waals surface area contributed by atoms with E-state index < -0.39 is 11.2 Å². The zero-order chi connectivity index (χ0) is 19.8. The van der Waals surface area contributed by atoms with Crippen molar-refractivity contribution in [2.45, 2.75) is 13.2 Å². The molecule has 0 fully saturated rings. The maximum absolute atomic E-state index is 13.0. The van der Waals surface area contributed by atoms with Crippen molar-refractivity contribution in [1.82, 2.24) is 18.7 Å². The first-order valence-corrected chi connectivity index (χ1v) is 8.89. The molecule has 3 aromatic heterocycles. The Morgan fingerprint density at radius 1 is 1.11 bits per heavy atom. The molecule has 0 N–H and O–H groups in total. The number of furan rings is 1. The van der Waals surface area contributed by atoms with Gasteiger partial charge in [-0.15, -0.1) is 0 Å². The van der Waals surface area contributed by atoms with Gasteiger partial charge in [-0.2, -0.15) is 4.98 Å². The highest BCUT2D eigenvalue weighted by Crippen LogP contribution is 2.17. The van der Waals surface area contributed by atoms with Crippen LogP contribution in [-0.2, 0) is 27.2 Å². The molecule has 3 heterocycles. The van der Waals surface area contributed by atoms with Crippen LogP contribution in [0.15, 0.2) is 56.7 Å². The first-order valence-electron chi connectivity index (χ1n) is 8.51. The molecule has 0 saturated carbocycles. The van der Waals surface area contributed by atoms with Crippen molar-refractivity contribution in [3.8, 4) is 6.01 Å². The maximum Gasteiger partial charge on any atom is 0.332 e. The SMILES string of the molecule is Cn1c(OCc2ccco2)nc2c1c(=O)n(Cc1ccc(Cl)cc1)c(=O)n2C. The van der Waals surface area contributed by atoms with Crippen LogP contribution in [0, 0.1) is 0 Å². The number of hydrogen-bond donors (Lipinski definition) is 0. The van der Waals surface area contributed by atoms with Gasteiger partial charge in [0.1, 0.15) is 12.4 Å². The molecule has 0 unspecified atom stereocenters. The van der Waals surface area contributed by atoms with Crippen LogP contribution in [-0.4, -0.2) is 18.7 Å². The fourth-order valence-electron chi connectivity index (χ4n) is 2.99. The number of nitrogens with zero attached hydrogens (tertiary/aromatic N) is 4. The van der Waals surface area contributed by atoms with Crippen LogP contribution >= 0.6 is 11.6 Å². The van der Waals surface area contributed by atoms with E-state index in [0.29, 0.717) is 10.8 Å². The lowest BCUT2D eigenvalue weighted by atomic mass is 10.2. The van der Waals surface area contributed by atoms with Gasteiger partial charge in [0, 0.05) is 19.1 Å². The molecule has 0 bridgehead atoms. The van der Waals surface area contributed by atoms with Crippen molar-refractivity contribution in [2.75, 3.05) is 0 Å². The number of aromatic nitrogens is 4. The Balaban J connectivity index is 1.77. The number of benzene rings is 1. The molecule has 4 rings (SSSR count). The lowest BCUT2D eigenvalue weighted by Gasteiger charge is -2.09. The van der Waals surface area contributed by atoms with E-state index in [0.717, 1.165) is 5.56 Å². The molecule has 9 heteroatoms. The predicted molar refractivity (Wildman–Crippen MR) is 104 cm³/mol. The third kappa shape index (κ3) is 3.11. The number of rotatable bonds is 5. The molecule has 0 aliphatic heterocycles. The fourth-order valence-corrected chi connectivity index (χ4v) is 3.12. The van der Waals surface area contributed by atoms with Crippen LogP contribution in [0.4, 0.5) is 0 Å². The number of ether oxygens (including phenoxy) is 1. The molecule has 0 spiro atoms. The standard InChI is InChI=1S/C19H17ClN4O4/c1-22-15-16(21-18(22)28-11-14-4-3-9-27-14)23(2)19(26)24(17(15)25)10-12-5-7-13(20)8-6-12/h3-9H,10-11H2,1-2H3. The van der Waals surface area contributed by atoms with Gasteiger partial charge in [0.15, 0.2) is 11.2 Å². The quantitative estimate of drug-likeness (QED) is 0.513. The Hall–Kier alpha value is -3.26. The van der Waals surface area contributed by atoms with E-state index in [9.17, 15) is 9.59 Å². The van der Waals surface area contributed by atoms with Gasteiger partial charge in [-0.25, -0.2) is 4.79 Å². The average Bonchev–Trinajstić information content (AvgIpc) is 3.31. The lowest BCUT2D eigenvalue weighted by Crippen LogP contribution is -2.39. The number of hydrogen-bond acceptors (Lipinski definition) is 5. The fraction of sp³-hybridized carbons (Fsp3) is 0.211. The first kappa shape index (κ1) is 18.1. The van der Waals surface area contributed by atoms with Crippen LogP contribution in [0.1, 0.15) is 11.3 Å². The van der Waals surface area contributed by atoms with Gasteiger partial charge < -0.3 is 9.15 Å². The van der Waals surface area contributed by atoms with E-state index in [1.165, 1.54) is 9.13 Å². The Morgan fingerprint density at radius 2 is 1.86 bits per heavy atom. The summed E-state index contributed by atoms with van der Waals surface area (Å²) in [5, 5.41) is 0.587. The second kappa shape index (κ2) is 7.05. The molecular formula is C19H17ClN4O4. The third-order valence-corrected chi connectivity index (χ3v) is 4.75. The summed E-state index contributed by atoms with van der Waals surface area (Å²) in [7, 11) is 3.25. The van der Waals surface area contributed by atoms with E-state index in [-0.39, 0.29) is 30.3 Å². The number of fused-ring (bicyclic) bond motifs is 1. The summed E-state index contributed by atoms with van der Waals surface area (Å²) >= 11 is 5.90. The average molecular weight is 401 g/mol. The topological polar surface area (TPSA) is 84.2 Å². The number of halogens is 1. The van der Waals surface area contributed by atoms with Gasteiger partial charge >= 0.3 is 5.69 Å². The molecule has 0 amide bonds. The van der Waals surface area contributed by atoms with Crippen LogP contribution in [0.25, 0.3) is 11.2 Å². The molecule has 0 atom stereocenters. The molecule has 28 heavy (non-hydrogen) atoms. The molecule has 0 aliphatic carbocycles. The highest BCUT2D eigenvalue weighted by atomic mass is 35.5. The maximum atomic E-state index is 13.0. The molecule has 4 aromatic rings. The second-order valence-corrected chi connectivity index (χ2v) is 6.79. The minimum absolute atomic E-state index is 0.131. The van der Waals surface area contributed by atoms with Crippen molar-refractivity contribution < 1.29 is 9.15 Å². The Morgan fingerprint density at radius 3 is 2.54 bits per heavy atom. The normalized spacial score (nSPS) is 11.2. The van der Waals surface area contributed by atoms with E-state index >= 15 is 0 Å². The van der Waals surface area contributed by atoms with Crippen molar-refractivity contribution in [3.05, 3.63) is 79.8 Å². The smallest absolute Gasteiger partial charge is 0.332 e. The molecule has 144 valence electrons. The van der Waals surface area contributed by atoms with Gasteiger partial charge in [-0.05, 0) is 29.8 Å². The predicted octanol–water partition coefficient (Wildman–Crippen LogP) is 2.31. The molecule has 0 radical (unpaired) electrons. The Kier molecular flexibility index (Phi) is 4.56. The second-order valence-electron chi connectivity index (χ2n) is 6.35. The summed E-state index contributed by atoms with van der Waals surface area (Å²) in [6, 6.07) is 10.7. The highest BCUT2D eigenvalue weighted by Gasteiger charge is 2.19. The zero-order valence-electron chi connectivity index (χ0n) is 15.3. The minimum Gasteiger partial charge on any atom is -0.466 e. The van der Waals surface area contributed by atoms with Crippen LogP contribution in [0.2, 0.25) is 5.02 Å². The Bertz CT molecular complexity index is 1250. The van der Waals surface area contributed by atoms with E-state index in [1.54, 1.807) is 61.3 Å². The summed E-state index contributed by atoms with van der Waals surface area (Å²) < 4.78 is 15.0. The molecule has 1 aromatic carbocycles. The zero-order valence-corrected chi connectivity index (χ0v) is 16.0. The number of aryl methyl sites for hydroxylation is 2. The summed E-state index contributed by atoms with van der Waals surface area (Å²) in [5.41, 5.74) is 0.447. The summed E-state index contributed by atoms with van der Waals surface area (Å²) in [4.78, 5) is 30.1. The summed E-state index contributed by atoms with van der Waals surface area (Å²) in [6.07, 6.45) is 1.55. The largest absolute Gasteiger partial charge is 0.466 e. The van der Waals surface area contributed by atoms with E-state index in [4.69, 9.17) is 20.8 Å². The van der Waals surface area contributed by atoms with E-state index in [2.05, 4.69) is 4.98 Å². The Labute approximate surface area is 164 Å². The monoisotopic (exact) mass is 400 g/mol. The third-order valence-electron chi connectivity index (χ3n) is 4.50.